The topological polar surface area (TPSA) is 51.4 Å². The van der Waals surface area contributed by atoms with Gasteiger partial charge >= 0.3 is 0 Å². The molecule has 0 amide bonds. The molecule has 15 heavy (non-hydrogen) atoms. The summed E-state index contributed by atoms with van der Waals surface area (Å²) in [6.07, 6.45) is 2.55. The number of pyridine rings is 1. The summed E-state index contributed by atoms with van der Waals surface area (Å²) in [5, 5.41) is 0.579. The molecular formula is C10H16ClN3O. The molecule has 0 aromatic carbocycles. The molecule has 0 aliphatic rings. The lowest BCUT2D eigenvalue weighted by molar-refractivity contribution is 0.196. The fourth-order valence-electron chi connectivity index (χ4n) is 1.28. The third-order valence-corrected chi connectivity index (χ3v) is 2.32. The summed E-state index contributed by atoms with van der Waals surface area (Å²) in [4.78, 5) is 6.17. The molecule has 0 spiro atoms. The first-order valence-electron chi connectivity index (χ1n) is 4.76. The monoisotopic (exact) mass is 229 g/mol. The maximum absolute atomic E-state index is 6.02. The van der Waals surface area contributed by atoms with Crippen molar-refractivity contribution in [2.45, 2.75) is 6.42 Å². The number of nitrogens with zero attached hydrogens (tertiary/aromatic N) is 2. The van der Waals surface area contributed by atoms with Gasteiger partial charge in [-0.1, -0.05) is 11.6 Å². The van der Waals surface area contributed by atoms with Crippen LogP contribution in [0.2, 0.25) is 5.02 Å². The first-order valence-corrected chi connectivity index (χ1v) is 5.14. The number of halogens is 1. The number of rotatable bonds is 5. The van der Waals surface area contributed by atoms with E-state index in [-0.39, 0.29) is 0 Å². The molecule has 2 N–H and O–H groups in total. The van der Waals surface area contributed by atoms with Crippen LogP contribution in [-0.2, 0) is 4.74 Å². The molecule has 4 nitrogen and oxygen atoms in total. The second kappa shape index (κ2) is 5.78. The number of hydrogen-bond acceptors (Lipinski definition) is 4. The Balaban J connectivity index is 2.61. The van der Waals surface area contributed by atoms with E-state index in [2.05, 4.69) is 4.98 Å². The summed E-state index contributed by atoms with van der Waals surface area (Å²) in [7, 11) is 3.63. The lowest BCUT2D eigenvalue weighted by Gasteiger charge is -2.19. The third-order valence-electron chi connectivity index (χ3n) is 2.05. The van der Waals surface area contributed by atoms with Crippen molar-refractivity contribution in [3.63, 3.8) is 0 Å². The summed E-state index contributed by atoms with van der Waals surface area (Å²) < 4.78 is 4.98. The highest BCUT2D eigenvalue weighted by molar-refractivity contribution is 6.33. The van der Waals surface area contributed by atoms with E-state index in [0.717, 1.165) is 25.4 Å². The fraction of sp³-hybridized carbons (Fsp3) is 0.500. The van der Waals surface area contributed by atoms with Gasteiger partial charge in [0.05, 0.1) is 16.9 Å². The average Bonchev–Trinajstić information content (AvgIpc) is 2.17. The first-order chi connectivity index (χ1) is 7.15. The Morgan fingerprint density at radius 2 is 2.33 bits per heavy atom. The van der Waals surface area contributed by atoms with E-state index in [4.69, 9.17) is 22.1 Å². The van der Waals surface area contributed by atoms with Gasteiger partial charge in [0, 0.05) is 27.3 Å². The zero-order valence-corrected chi connectivity index (χ0v) is 9.79. The van der Waals surface area contributed by atoms with Crippen LogP contribution in [0.15, 0.2) is 12.3 Å². The van der Waals surface area contributed by atoms with E-state index in [1.807, 2.05) is 11.9 Å². The molecule has 0 atom stereocenters. The van der Waals surface area contributed by atoms with Crippen LogP contribution in [0.5, 0.6) is 0 Å². The molecule has 1 rings (SSSR count). The number of ether oxygens (including phenoxy) is 1. The summed E-state index contributed by atoms with van der Waals surface area (Å²) in [6.45, 7) is 1.58. The second-order valence-electron chi connectivity index (χ2n) is 3.34. The maximum Gasteiger partial charge on any atom is 0.147 e. The zero-order chi connectivity index (χ0) is 11.3. The number of nitrogens with two attached hydrogens (primary N) is 1. The van der Waals surface area contributed by atoms with Crippen LogP contribution in [0.25, 0.3) is 0 Å². The lowest BCUT2D eigenvalue weighted by Crippen LogP contribution is -2.21. The van der Waals surface area contributed by atoms with Gasteiger partial charge in [-0.15, -0.1) is 0 Å². The van der Waals surface area contributed by atoms with Gasteiger partial charge in [-0.3, -0.25) is 0 Å². The van der Waals surface area contributed by atoms with Crippen LogP contribution in [0.1, 0.15) is 6.42 Å². The summed E-state index contributed by atoms with van der Waals surface area (Å²) in [6, 6.07) is 1.71. The third kappa shape index (κ3) is 3.57. The Labute approximate surface area is 95.0 Å². The number of methoxy groups -OCH3 is 1. The average molecular weight is 230 g/mol. The van der Waals surface area contributed by atoms with E-state index in [1.54, 1.807) is 19.4 Å². The van der Waals surface area contributed by atoms with Gasteiger partial charge in [0.25, 0.3) is 0 Å². The smallest absolute Gasteiger partial charge is 0.147 e. The van der Waals surface area contributed by atoms with Crippen molar-refractivity contribution in [2.24, 2.45) is 0 Å². The lowest BCUT2D eigenvalue weighted by atomic mass is 10.3. The summed E-state index contributed by atoms with van der Waals surface area (Å²) >= 11 is 6.02. The van der Waals surface area contributed by atoms with Crippen LogP contribution in [0.4, 0.5) is 11.5 Å². The standard InChI is InChI=1S/C10H16ClN3O/c1-14(4-3-5-15-2)10-9(11)6-8(12)7-13-10/h6-7H,3-5,12H2,1-2H3. The molecule has 1 aromatic rings. The predicted molar refractivity (Wildman–Crippen MR) is 63.4 cm³/mol. The van der Waals surface area contributed by atoms with E-state index in [0.29, 0.717) is 10.7 Å². The molecule has 84 valence electrons. The molecule has 0 bridgehead atoms. The van der Waals surface area contributed by atoms with Crippen LogP contribution in [0, 0.1) is 0 Å². The molecule has 0 radical (unpaired) electrons. The Morgan fingerprint density at radius 3 is 2.93 bits per heavy atom. The molecule has 0 fully saturated rings. The van der Waals surface area contributed by atoms with Crippen LogP contribution >= 0.6 is 11.6 Å². The highest BCUT2D eigenvalue weighted by atomic mass is 35.5. The minimum Gasteiger partial charge on any atom is -0.397 e. The number of nitrogen functional groups attached to an aromatic ring is 1. The molecule has 0 saturated carbocycles. The molecule has 0 aliphatic heterocycles. The highest BCUT2D eigenvalue weighted by Gasteiger charge is 2.07. The van der Waals surface area contributed by atoms with Gasteiger partial charge in [0.1, 0.15) is 5.82 Å². The zero-order valence-electron chi connectivity index (χ0n) is 9.03. The maximum atomic E-state index is 6.02. The van der Waals surface area contributed by atoms with E-state index >= 15 is 0 Å². The Hall–Kier alpha value is -1.00. The van der Waals surface area contributed by atoms with Crippen LogP contribution in [0.3, 0.4) is 0 Å². The van der Waals surface area contributed by atoms with Crippen LogP contribution < -0.4 is 10.6 Å². The van der Waals surface area contributed by atoms with Gasteiger partial charge in [-0.2, -0.15) is 0 Å². The van der Waals surface area contributed by atoms with Crippen LogP contribution in [-0.4, -0.2) is 32.3 Å². The van der Waals surface area contributed by atoms with Crippen molar-refractivity contribution >= 4 is 23.1 Å². The molecular weight excluding hydrogens is 214 g/mol. The minimum absolute atomic E-state index is 0.578. The molecule has 1 aromatic heterocycles. The molecule has 5 heteroatoms. The Kier molecular flexibility index (Phi) is 4.65. The normalized spacial score (nSPS) is 10.3. The van der Waals surface area contributed by atoms with Gasteiger partial charge in [-0.25, -0.2) is 4.98 Å². The highest BCUT2D eigenvalue weighted by Crippen LogP contribution is 2.23. The largest absolute Gasteiger partial charge is 0.397 e. The van der Waals surface area contributed by atoms with Gasteiger partial charge in [0.2, 0.25) is 0 Å². The van der Waals surface area contributed by atoms with Gasteiger partial charge < -0.3 is 15.4 Å². The van der Waals surface area contributed by atoms with Crippen molar-refractivity contribution in [3.8, 4) is 0 Å². The van der Waals surface area contributed by atoms with Gasteiger partial charge in [-0.05, 0) is 12.5 Å². The van der Waals surface area contributed by atoms with Crippen molar-refractivity contribution in [1.82, 2.24) is 4.98 Å². The number of hydrogen-bond donors (Lipinski definition) is 1. The minimum atomic E-state index is 0.578. The Morgan fingerprint density at radius 1 is 1.60 bits per heavy atom. The van der Waals surface area contributed by atoms with Crippen molar-refractivity contribution in [2.75, 3.05) is 37.9 Å². The number of anilines is 2. The quantitative estimate of drug-likeness (QED) is 0.783. The SMILES string of the molecule is COCCCN(C)c1ncc(N)cc1Cl. The molecule has 1 heterocycles. The van der Waals surface area contributed by atoms with E-state index < -0.39 is 0 Å². The van der Waals surface area contributed by atoms with Crippen molar-refractivity contribution in [3.05, 3.63) is 17.3 Å². The first kappa shape index (κ1) is 12.1. The summed E-state index contributed by atoms with van der Waals surface area (Å²) in [5.74, 6) is 0.752. The second-order valence-corrected chi connectivity index (χ2v) is 3.75. The Bertz CT molecular complexity index is 320. The fourth-order valence-corrected chi connectivity index (χ4v) is 1.60. The number of aromatic nitrogens is 1. The molecule has 0 unspecified atom stereocenters. The molecule has 0 saturated heterocycles. The predicted octanol–water partition coefficient (Wildman–Crippen LogP) is 1.79. The van der Waals surface area contributed by atoms with Crippen molar-refractivity contribution < 1.29 is 4.74 Å². The van der Waals surface area contributed by atoms with E-state index in [9.17, 15) is 0 Å². The van der Waals surface area contributed by atoms with Crippen molar-refractivity contribution in [1.29, 1.82) is 0 Å². The van der Waals surface area contributed by atoms with Gasteiger partial charge in [0.15, 0.2) is 0 Å². The summed E-state index contributed by atoms with van der Waals surface area (Å²) in [5.41, 5.74) is 6.14. The van der Waals surface area contributed by atoms with E-state index in [1.165, 1.54) is 0 Å². The molecule has 0 aliphatic carbocycles.